The number of hydrogen-bond acceptors (Lipinski definition) is 5. The van der Waals surface area contributed by atoms with Gasteiger partial charge in [0.05, 0.1) is 12.8 Å². The Morgan fingerprint density at radius 2 is 1.27 bits per heavy atom. The van der Waals surface area contributed by atoms with Gasteiger partial charge >= 0.3 is 0 Å². The first-order chi connectivity index (χ1) is 19.5. The van der Waals surface area contributed by atoms with Gasteiger partial charge in [-0.15, -0.1) is 0 Å². The molecular weight excluding hydrogens is 496 g/mol. The largest absolute Gasteiger partial charge is 0.508 e. The molecule has 4 rings (SSSR count). The van der Waals surface area contributed by atoms with E-state index in [0.29, 0.717) is 18.3 Å². The van der Waals surface area contributed by atoms with Crippen LogP contribution in [0.4, 0.5) is 0 Å². The van der Waals surface area contributed by atoms with Gasteiger partial charge in [0.15, 0.2) is 0 Å². The second kappa shape index (κ2) is 15.1. The van der Waals surface area contributed by atoms with Crippen LogP contribution in [0.5, 0.6) is 17.2 Å². The minimum Gasteiger partial charge on any atom is -0.508 e. The lowest BCUT2D eigenvalue weighted by Crippen LogP contribution is -2.40. The van der Waals surface area contributed by atoms with Crippen molar-refractivity contribution in [2.45, 2.75) is 128 Å². The first kappa shape index (κ1) is 30.7. The number of nitrogens with zero attached hydrogens (tertiary/aromatic N) is 2. The molecule has 1 fully saturated rings. The highest BCUT2D eigenvalue weighted by molar-refractivity contribution is 5.48. The fourth-order valence-electron chi connectivity index (χ4n) is 6.73. The molecule has 0 bridgehead atoms. The van der Waals surface area contributed by atoms with Crippen molar-refractivity contribution in [3.63, 3.8) is 0 Å². The predicted octanol–water partition coefficient (Wildman–Crippen LogP) is 8.89. The third-order valence-electron chi connectivity index (χ3n) is 9.35. The van der Waals surface area contributed by atoms with Crippen LogP contribution in [0.3, 0.4) is 0 Å². The summed E-state index contributed by atoms with van der Waals surface area (Å²) in [5.41, 5.74) is 2.22. The highest BCUT2D eigenvalue weighted by Gasteiger charge is 2.43. The highest BCUT2D eigenvalue weighted by Crippen LogP contribution is 2.49. The molecule has 2 N–H and O–H groups in total. The predicted molar refractivity (Wildman–Crippen MR) is 165 cm³/mol. The zero-order valence-electron chi connectivity index (χ0n) is 25.4. The maximum Gasteiger partial charge on any atom is 0.126 e. The zero-order valence-corrected chi connectivity index (χ0v) is 25.4. The highest BCUT2D eigenvalue weighted by atomic mass is 16.5. The van der Waals surface area contributed by atoms with E-state index in [2.05, 4.69) is 30.8 Å². The van der Waals surface area contributed by atoms with Gasteiger partial charge < -0.3 is 14.9 Å². The van der Waals surface area contributed by atoms with Crippen LogP contribution >= 0.6 is 0 Å². The first-order valence-corrected chi connectivity index (χ1v) is 16.3. The number of ether oxygens (including phenoxy) is 1. The van der Waals surface area contributed by atoms with Gasteiger partial charge in [0, 0.05) is 30.5 Å². The normalized spacial score (nSPS) is 25.4. The fourth-order valence-corrected chi connectivity index (χ4v) is 6.73. The Morgan fingerprint density at radius 3 is 1.88 bits per heavy atom. The Labute approximate surface area is 243 Å². The van der Waals surface area contributed by atoms with E-state index in [1.807, 2.05) is 18.2 Å². The van der Waals surface area contributed by atoms with Crippen LogP contribution in [-0.4, -0.2) is 46.1 Å². The number of aromatic hydroxyl groups is 2. The van der Waals surface area contributed by atoms with Gasteiger partial charge in [-0.2, -0.15) is 0 Å². The third-order valence-corrected chi connectivity index (χ3v) is 9.35. The van der Waals surface area contributed by atoms with E-state index in [9.17, 15) is 10.2 Å². The fraction of sp³-hybridized carbons (Fsp3) is 0.657. The molecule has 1 saturated heterocycles. The molecule has 5 heteroatoms. The van der Waals surface area contributed by atoms with Gasteiger partial charge in [-0.25, -0.2) is 10.0 Å². The molecule has 40 heavy (non-hydrogen) atoms. The Bertz CT molecular complexity index is 1010. The Morgan fingerprint density at radius 1 is 0.725 bits per heavy atom. The maximum absolute atomic E-state index is 10.0. The molecule has 0 saturated carbocycles. The average molecular weight is 551 g/mol. The number of phenols is 2. The van der Waals surface area contributed by atoms with Gasteiger partial charge in [-0.05, 0) is 55.0 Å². The summed E-state index contributed by atoms with van der Waals surface area (Å²) >= 11 is 0. The molecule has 5 nitrogen and oxygen atoms in total. The molecule has 0 amide bonds. The van der Waals surface area contributed by atoms with Crippen molar-refractivity contribution in [2.75, 3.05) is 19.7 Å². The number of fused-ring (bicyclic) bond motifs is 1. The minimum atomic E-state index is -0.169. The summed E-state index contributed by atoms with van der Waals surface area (Å²) in [7, 11) is 0. The van der Waals surface area contributed by atoms with Crippen LogP contribution in [0, 0.1) is 0 Å². The van der Waals surface area contributed by atoms with Crippen molar-refractivity contribution in [1.29, 1.82) is 0 Å². The summed E-state index contributed by atoms with van der Waals surface area (Å²) in [4.78, 5) is 0. The van der Waals surface area contributed by atoms with Crippen molar-refractivity contribution in [1.82, 2.24) is 10.0 Å². The summed E-state index contributed by atoms with van der Waals surface area (Å²) in [6.45, 7) is 9.95. The molecule has 222 valence electrons. The second-order valence-electron chi connectivity index (χ2n) is 12.4. The third kappa shape index (κ3) is 7.94. The van der Waals surface area contributed by atoms with Crippen LogP contribution < -0.4 is 4.74 Å². The number of phenolic OH excluding ortho intramolecular Hbond substituents is 2. The van der Waals surface area contributed by atoms with Gasteiger partial charge in [0.2, 0.25) is 0 Å². The van der Waals surface area contributed by atoms with Gasteiger partial charge in [-0.3, -0.25) is 0 Å². The monoisotopic (exact) mass is 550 g/mol. The lowest BCUT2D eigenvalue weighted by Gasteiger charge is -2.43. The van der Waals surface area contributed by atoms with Gasteiger partial charge in [-0.1, -0.05) is 103 Å². The average Bonchev–Trinajstić information content (AvgIpc) is 3.63. The SMILES string of the molecule is CCCCN1C(CCCCCCCCCCC2c3ccc(O)cc3OCC2(C)c2ccc(O)cc2)N1CCCC. The van der Waals surface area contributed by atoms with E-state index in [0.717, 1.165) is 18.3 Å². The van der Waals surface area contributed by atoms with Crippen molar-refractivity contribution >= 4 is 0 Å². The van der Waals surface area contributed by atoms with Crippen LogP contribution in [0.2, 0.25) is 0 Å². The molecule has 0 aromatic heterocycles. The lowest BCUT2D eigenvalue weighted by atomic mass is 9.66. The molecule has 0 aliphatic carbocycles. The Kier molecular flexibility index (Phi) is 11.6. The molecule has 4 atom stereocenters. The van der Waals surface area contributed by atoms with Crippen molar-refractivity contribution < 1.29 is 14.9 Å². The van der Waals surface area contributed by atoms with Crippen LogP contribution in [0.1, 0.15) is 128 Å². The molecule has 2 aliphatic rings. The molecule has 2 aliphatic heterocycles. The van der Waals surface area contributed by atoms with Gasteiger partial charge in [0.1, 0.15) is 17.2 Å². The molecule has 2 aromatic rings. The van der Waals surface area contributed by atoms with E-state index in [-0.39, 0.29) is 11.2 Å². The molecule has 0 spiro atoms. The number of rotatable bonds is 18. The number of hydrogen-bond donors (Lipinski definition) is 2. The van der Waals surface area contributed by atoms with E-state index >= 15 is 0 Å². The summed E-state index contributed by atoms with van der Waals surface area (Å²) in [6.07, 6.45) is 18.9. The number of benzene rings is 2. The van der Waals surface area contributed by atoms with E-state index in [1.54, 1.807) is 24.3 Å². The number of hydrazine groups is 1. The van der Waals surface area contributed by atoms with E-state index in [4.69, 9.17) is 4.74 Å². The van der Waals surface area contributed by atoms with Gasteiger partial charge in [0.25, 0.3) is 0 Å². The summed E-state index contributed by atoms with van der Waals surface area (Å²) in [5, 5.41) is 25.1. The lowest BCUT2D eigenvalue weighted by molar-refractivity contribution is 0.162. The Balaban J connectivity index is 1.16. The first-order valence-electron chi connectivity index (χ1n) is 16.3. The maximum atomic E-state index is 10.0. The summed E-state index contributed by atoms with van der Waals surface area (Å²) in [6, 6.07) is 13.2. The van der Waals surface area contributed by atoms with Crippen molar-refractivity contribution in [2.24, 2.45) is 0 Å². The van der Waals surface area contributed by atoms with Crippen molar-refractivity contribution in [3.8, 4) is 17.2 Å². The summed E-state index contributed by atoms with van der Waals surface area (Å²) in [5.74, 6) is 1.68. The van der Waals surface area contributed by atoms with Crippen LogP contribution in [-0.2, 0) is 5.41 Å². The molecule has 0 radical (unpaired) electrons. The number of unbranched alkanes of at least 4 members (excludes halogenated alkanes) is 9. The zero-order chi connectivity index (χ0) is 28.4. The molecule has 2 aromatic carbocycles. The quantitative estimate of drug-likeness (QED) is 0.143. The standard InChI is InChI=1S/C35H54N2O3/c1-4-6-24-36-34(37(36)25-7-5-2)17-15-13-11-9-8-10-12-14-16-32-31-23-22-30(39)26-33(31)40-27-35(32,3)28-18-20-29(38)21-19-28/h18-23,26,32,34,38-39H,4-17,24-25,27H2,1-3H3. The smallest absolute Gasteiger partial charge is 0.126 e. The molecular formula is C35H54N2O3. The summed E-state index contributed by atoms with van der Waals surface area (Å²) < 4.78 is 6.16. The van der Waals surface area contributed by atoms with Crippen molar-refractivity contribution in [3.05, 3.63) is 53.6 Å². The molecule has 4 unspecified atom stereocenters. The second-order valence-corrected chi connectivity index (χ2v) is 12.4. The van der Waals surface area contributed by atoms with E-state index in [1.165, 1.54) is 108 Å². The minimum absolute atomic E-state index is 0.169. The molecule has 2 heterocycles. The Hall–Kier alpha value is -2.24. The van der Waals surface area contributed by atoms with Crippen LogP contribution in [0.25, 0.3) is 0 Å². The topological polar surface area (TPSA) is 55.7 Å². The van der Waals surface area contributed by atoms with E-state index < -0.39 is 0 Å². The van der Waals surface area contributed by atoms with Crippen LogP contribution in [0.15, 0.2) is 42.5 Å².